The van der Waals surface area contributed by atoms with Crippen LogP contribution in [-0.2, 0) is 16.0 Å². The number of nitrogens with zero attached hydrogens (tertiary/aromatic N) is 2. The maximum atomic E-state index is 12.3. The summed E-state index contributed by atoms with van der Waals surface area (Å²) in [5.41, 5.74) is 1.84. The van der Waals surface area contributed by atoms with Crippen molar-refractivity contribution in [3.63, 3.8) is 0 Å². The summed E-state index contributed by atoms with van der Waals surface area (Å²) in [5.74, 6) is 0.924. The fraction of sp³-hybridized carbons (Fsp3) is 0.611. The van der Waals surface area contributed by atoms with Crippen LogP contribution in [0.1, 0.15) is 44.9 Å². The van der Waals surface area contributed by atoms with Gasteiger partial charge in [-0.05, 0) is 38.3 Å². The van der Waals surface area contributed by atoms with Crippen LogP contribution in [0.25, 0.3) is 11.2 Å². The van der Waals surface area contributed by atoms with E-state index in [0.29, 0.717) is 24.6 Å². The molecular weight excluding hydrogens is 304 g/mol. The number of carbonyl (C=O) groups is 1. The SMILES string of the molecule is CCO[C@@H]1C[C@H](NC(=O)CCc2nc3ncccc3[nH]2)C12CCC2. The first kappa shape index (κ1) is 15.6. The molecule has 2 aliphatic carbocycles. The Bertz CT molecular complexity index is 704. The van der Waals surface area contributed by atoms with E-state index in [9.17, 15) is 4.79 Å². The van der Waals surface area contributed by atoms with Crippen molar-refractivity contribution in [3.05, 3.63) is 24.2 Å². The fourth-order valence-corrected chi connectivity index (χ4v) is 4.15. The molecule has 0 bridgehead atoms. The lowest BCUT2D eigenvalue weighted by atomic mass is 9.51. The van der Waals surface area contributed by atoms with Crippen LogP contribution in [0.15, 0.2) is 18.3 Å². The number of carbonyl (C=O) groups excluding carboxylic acids is 1. The van der Waals surface area contributed by atoms with Crippen LogP contribution in [0, 0.1) is 5.41 Å². The van der Waals surface area contributed by atoms with Crippen LogP contribution in [-0.4, -0.2) is 39.6 Å². The second-order valence-corrected chi connectivity index (χ2v) is 6.94. The summed E-state index contributed by atoms with van der Waals surface area (Å²) in [5, 5.41) is 3.23. The van der Waals surface area contributed by atoms with Gasteiger partial charge in [0.1, 0.15) is 5.82 Å². The molecule has 6 heteroatoms. The van der Waals surface area contributed by atoms with Crippen molar-refractivity contribution in [1.82, 2.24) is 20.3 Å². The molecule has 0 aliphatic heterocycles. The van der Waals surface area contributed by atoms with Gasteiger partial charge in [-0.15, -0.1) is 0 Å². The number of pyridine rings is 1. The molecule has 0 saturated heterocycles. The molecule has 24 heavy (non-hydrogen) atoms. The van der Waals surface area contributed by atoms with E-state index in [1.807, 2.05) is 19.1 Å². The van der Waals surface area contributed by atoms with E-state index in [1.165, 1.54) is 19.3 Å². The molecule has 4 rings (SSSR count). The van der Waals surface area contributed by atoms with E-state index in [4.69, 9.17) is 4.74 Å². The number of fused-ring (bicyclic) bond motifs is 1. The Kier molecular flexibility index (Phi) is 4.00. The van der Waals surface area contributed by atoms with E-state index in [-0.39, 0.29) is 17.4 Å². The number of H-pyrrole nitrogens is 1. The van der Waals surface area contributed by atoms with Crippen molar-refractivity contribution < 1.29 is 9.53 Å². The van der Waals surface area contributed by atoms with E-state index in [2.05, 4.69) is 20.3 Å². The number of amides is 1. The number of aryl methyl sites for hydroxylation is 1. The number of imidazole rings is 1. The zero-order valence-electron chi connectivity index (χ0n) is 14.0. The fourth-order valence-electron chi connectivity index (χ4n) is 4.15. The summed E-state index contributed by atoms with van der Waals surface area (Å²) >= 11 is 0. The highest BCUT2D eigenvalue weighted by atomic mass is 16.5. The first-order valence-corrected chi connectivity index (χ1v) is 8.92. The van der Waals surface area contributed by atoms with Gasteiger partial charge in [-0.2, -0.15) is 0 Å². The smallest absolute Gasteiger partial charge is 0.220 e. The minimum absolute atomic E-state index is 0.106. The summed E-state index contributed by atoms with van der Waals surface area (Å²) in [6.07, 6.45) is 7.68. The van der Waals surface area contributed by atoms with Gasteiger partial charge in [-0.25, -0.2) is 9.97 Å². The molecule has 2 aliphatic rings. The summed E-state index contributed by atoms with van der Waals surface area (Å²) in [6, 6.07) is 4.11. The van der Waals surface area contributed by atoms with Gasteiger partial charge in [0, 0.05) is 37.1 Å². The Morgan fingerprint density at radius 1 is 1.50 bits per heavy atom. The summed E-state index contributed by atoms with van der Waals surface area (Å²) in [4.78, 5) is 24.2. The zero-order valence-corrected chi connectivity index (χ0v) is 14.0. The van der Waals surface area contributed by atoms with Crippen LogP contribution in [0.2, 0.25) is 0 Å². The maximum absolute atomic E-state index is 12.3. The van der Waals surface area contributed by atoms with E-state index < -0.39 is 0 Å². The lowest BCUT2D eigenvalue weighted by Gasteiger charge is -2.61. The molecule has 2 N–H and O–H groups in total. The molecular formula is C18H24N4O2. The number of ether oxygens (including phenoxy) is 1. The van der Waals surface area contributed by atoms with Crippen molar-refractivity contribution in [2.45, 2.75) is 57.6 Å². The minimum Gasteiger partial charge on any atom is -0.378 e. The van der Waals surface area contributed by atoms with Gasteiger partial charge >= 0.3 is 0 Å². The van der Waals surface area contributed by atoms with Gasteiger partial charge in [-0.3, -0.25) is 4.79 Å². The number of hydrogen-bond acceptors (Lipinski definition) is 4. The highest BCUT2D eigenvalue weighted by molar-refractivity contribution is 5.77. The van der Waals surface area contributed by atoms with Gasteiger partial charge in [-0.1, -0.05) is 6.42 Å². The van der Waals surface area contributed by atoms with Crippen molar-refractivity contribution in [1.29, 1.82) is 0 Å². The quantitative estimate of drug-likeness (QED) is 0.853. The first-order chi connectivity index (χ1) is 11.7. The molecule has 2 heterocycles. The summed E-state index contributed by atoms with van der Waals surface area (Å²) < 4.78 is 5.84. The van der Waals surface area contributed by atoms with Gasteiger partial charge in [0.25, 0.3) is 0 Å². The highest BCUT2D eigenvalue weighted by Crippen LogP contribution is 2.57. The second kappa shape index (κ2) is 6.16. The molecule has 0 unspecified atom stereocenters. The number of aromatic amines is 1. The van der Waals surface area contributed by atoms with Crippen molar-refractivity contribution >= 4 is 17.1 Å². The van der Waals surface area contributed by atoms with Gasteiger partial charge < -0.3 is 15.0 Å². The minimum atomic E-state index is 0.106. The molecule has 1 amide bonds. The first-order valence-electron chi connectivity index (χ1n) is 8.92. The summed E-state index contributed by atoms with van der Waals surface area (Å²) in [7, 11) is 0. The van der Waals surface area contributed by atoms with Crippen LogP contribution in [0.3, 0.4) is 0 Å². The third-order valence-corrected chi connectivity index (χ3v) is 5.67. The van der Waals surface area contributed by atoms with Crippen molar-refractivity contribution in [2.24, 2.45) is 5.41 Å². The molecule has 2 fully saturated rings. The van der Waals surface area contributed by atoms with E-state index in [0.717, 1.165) is 24.4 Å². The monoisotopic (exact) mass is 328 g/mol. The Morgan fingerprint density at radius 2 is 2.38 bits per heavy atom. The Hall–Kier alpha value is -1.95. The molecule has 2 aromatic heterocycles. The Balaban J connectivity index is 1.31. The van der Waals surface area contributed by atoms with Crippen molar-refractivity contribution in [3.8, 4) is 0 Å². The molecule has 2 aromatic rings. The molecule has 2 saturated carbocycles. The summed E-state index contributed by atoms with van der Waals surface area (Å²) in [6.45, 7) is 2.80. The van der Waals surface area contributed by atoms with Gasteiger partial charge in [0.05, 0.1) is 11.6 Å². The maximum Gasteiger partial charge on any atom is 0.220 e. The number of nitrogens with one attached hydrogen (secondary N) is 2. The molecule has 2 atom stereocenters. The lowest BCUT2D eigenvalue weighted by molar-refractivity contribution is -0.175. The third kappa shape index (κ3) is 2.59. The largest absolute Gasteiger partial charge is 0.378 e. The van der Waals surface area contributed by atoms with Gasteiger partial charge in [0.15, 0.2) is 5.65 Å². The molecule has 128 valence electrons. The normalized spacial score (nSPS) is 24.5. The highest BCUT2D eigenvalue weighted by Gasteiger charge is 2.59. The third-order valence-electron chi connectivity index (χ3n) is 5.67. The average Bonchev–Trinajstić information content (AvgIpc) is 2.93. The zero-order chi connectivity index (χ0) is 16.6. The number of hydrogen-bond donors (Lipinski definition) is 2. The molecule has 6 nitrogen and oxygen atoms in total. The topological polar surface area (TPSA) is 79.9 Å². The van der Waals surface area contributed by atoms with E-state index in [1.54, 1.807) is 6.20 Å². The van der Waals surface area contributed by atoms with Crippen molar-refractivity contribution in [2.75, 3.05) is 6.61 Å². The number of rotatable bonds is 6. The average molecular weight is 328 g/mol. The predicted octanol–water partition coefficient (Wildman–Crippen LogP) is 2.35. The second-order valence-electron chi connectivity index (χ2n) is 6.94. The lowest BCUT2D eigenvalue weighted by Crippen LogP contribution is -2.67. The Labute approximate surface area is 141 Å². The van der Waals surface area contributed by atoms with Crippen LogP contribution in [0.4, 0.5) is 0 Å². The van der Waals surface area contributed by atoms with Crippen LogP contribution in [0.5, 0.6) is 0 Å². The molecule has 0 radical (unpaired) electrons. The van der Waals surface area contributed by atoms with Gasteiger partial charge in [0.2, 0.25) is 5.91 Å². The Morgan fingerprint density at radius 3 is 3.08 bits per heavy atom. The van der Waals surface area contributed by atoms with E-state index >= 15 is 0 Å². The molecule has 1 spiro atoms. The van der Waals surface area contributed by atoms with Crippen LogP contribution >= 0.6 is 0 Å². The molecule has 0 aromatic carbocycles. The number of aromatic nitrogens is 3. The standard InChI is InChI=1S/C18H24N4O2/c1-2-24-14-11-13(18(14)8-4-9-18)21-16(23)7-6-15-20-12-5-3-10-19-17(12)22-15/h3,5,10,13-14H,2,4,6-9,11H2,1H3,(H,21,23)(H,19,20,22)/t13-,14+/m0/s1. The predicted molar refractivity (Wildman–Crippen MR) is 90.5 cm³/mol. The van der Waals surface area contributed by atoms with Crippen LogP contribution < -0.4 is 5.32 Å².